The minimum Gasteiger partial charge on any atom is -0.496 e. The van der Waals surface area contributed by atoms with Crippen LogP contribution in [0.4, 0.5) is 5.69 Å². The van der Waals surface area contributed by atoms with E-state index in [1.807, 2.05) is 18.2 Å². The Labute approximate surface area is 113 Å². The Morgan fingerprint density at radius 2 is 2.17 bits per heavy atom. The first-order valence-electron chi connectivity index (χ1n) is 5.33. The maximum absolute atomic E-state index is 5.57. The van der Waals surface area contributed by atoms with Crippen molar-refractivity contribution in [3.05, 3.63) is 28.4 Å². The van der Waals surface area contributed by atoms with Gasteiger partial charge in [0, 0.05) is 11.6 Å². The second kappa shape index (κ2) is 5.51. The molecule has 1 heterocycles. The first kappa shape index (κ1) is 13.1. The van der Waals surface area contributed by atoms with Crippen molar-refractivity contribution in [3.63, 3.8) is 0 Å². The lowest BCUT2D eigenvalue weighted by atomic mass is 10.1. The summed E-state index contributed by atoms with van der Waals surface area (Å²) in [5, 5.41) is 0.842. The molecule has 3 N–H and O–H groups in total. The summed E-state index contributed by atoms with van der Waals surface area (Å²) in [7, 11) is 3.24. The molecular formula is C12H14BrN3O2. The fourth-order valence-corrected chi connectivity index (χ4v) is 2.26. The average Bonchev–Trinajstić information content (AvgIpc) is 2.39. The largest absolute Gasteiger partial charge is 0.496 e. The van der Waals surface area contributed by atoms with Gasteiger partial charge < -0.3 is 14.9 Å². The first-order valence-corrected chi connectivity index (χ1v) is 6.12. The fraction of sp³-hybridized carbons (Fsp3) is 0.250. The van der Waals surface area contributed by atoms with Gasteiger partial charge in [-0.1, -0.05) is 0 Å². The Hall–Kier alpha value is -1.37. The molecule has 0 aliphatic carbocycles. The van der Waals surface area contributed by atoms with Gasteiger partial charge in [0.05, 0.1) is 36.0 Å². The smallest absolute Gasteiger partial charge is 0.130 e. The summed E-state index contributed by atoms with van der Waals surface area (Å²) < 4.78 is 11.3. The number of nitrogens with two attached hydrogens (primary N) is 1. The van der Waals surface area contributed by atoms with Gasteiger partial charge in [-0.2, -0.15) is 0 Å². The highest BCUT2D eigenvalue weighted by Crippen LogP contribution is 2.35. The SMILES string of the molecule is COCc1cc(NN)c2c(OC)ccc(Br)c2n1. The van der Waals surface area contributed by atoms with Crippen molar-refractivity contribution in [1.29, 1.82) is 0 Å². The van der Waals surface area contributed by atoms with E-state index in [2.05, 4.69) is 26.3 Å². The molecule has 96 valence electrons. The number of benzene rings is 1. The molecule has 0 saturated carbocycles. The number of halogens is 1. The number of nitrogens with one attached hydrogen (secondary N) is 1. The molecule has 0 aliphatic heterocycles. The molecule has 0 atom stereocenters. The minimum absolute atomic E-state index is 0.425. The van der Waals surface area contributed by atoms with Crippen LogP contribution in [0.15, 0.2) is 22.7 Å². The number of aromatic nitrogens is 1. The monoisotopic (exact) mass is 311 g/mol. The lowest BCUT2D eigenvalue weighted by molar-refractivity contribution is 0.182. The lowest BCUT2D eigenvalue weighted by Crippen LogP contribution is -2.09. The third-order valence-corrected chi connectivity index (χ3v) is 3.23. The molecule has 0 saturated heterocycles. The number of pyridine rings is 1. The number of nitrogens with zero attached hydrogens (tertiary/aromatic N) is 1. The molecule has 0 aliphatic rings. The van der Waals surface area contributed by atoms with E-state index in [0.29, 0.717) is 6.61 Å². The molecule has 0 amide bonds. The van der Waals surface area contributed by atoms with Crippen molar-refractivity contribution in [2.45, 2.75) is 6.61 Å². The fourth-order valence-electron chi connectivity index (χ4n) is 1.84. The van der Waals surface area contributed by atoms with Crippen LogP contribution in [0.3, 0.4) is 0 Å². The van der Waals surface area contributed by atoms with Crippen LogP contribution in [0.2, 0.25) is 0 Å². The quantitative estimate of drug-likeness (QED) is 0.670. The Bertz CT molecular complexity index is 575. The summed E-state index contributed by atoms with van der Waals surface area (Å²) in [6.07, 6.45) is 0. The van der Waals surface area contributed by atoms with Crippen LogP contribution in [0, 0.1) is 0 Å². The Morgan fingerprint density at radius 3 is 2.78 bits per heavy atom. The van der Waals surface area contributed by atoms with Gasteiger partial charge in [-0.3, -0.25) is 5.84 Å². The van der Waals surface area contributed by atoms with Crippen LogP contribution in [-0.2, 0) is 11.3 Å². The molecular weight excluding hydrogens is 298 g/mol. The second-order valence-electron chi connectivity index (χ2n) is 3.71. The molecule has 0 radical (unpaired) electrons. The standard InChI is InChI=1S/C12H14BrN3O2/c1-17-6-7-5-9(16-14)11-10(18-2)4-3-8(13)12(11)15-7/h3-5H,6,14H2,1-2H3,(H,15,16). The zero-order valence-electron chi connectivity index (χ0n) is 10.2. The van der Waals surface area contributed by atoms with Gasteiger partial charge in [-0.25, -0.2) is 4.98 Å². The molecule has 5 nitrogen and oxygen atoms in total. The van der Waals surface area contributed by atoms with E-state index < -0.39 is 0 Å². The van der Waals surface area contributed by atoms with Crippen molar-refractivity contribution >= 4 is 32.5 Å². The zero-order valence-corrected chi connectivity index (χ0v) is 11.7. The third kappa shape index (κ3) is 2.27. The number of hydrazine groups is 1. The molecule has 6 heteroatoms. The van der Waals surface area contributed by atoms with Gasteiger partial charge in [-0.15, -0.1) is 0 Å². The summed E-state index contributed by atoms with van der Waals surface area (Å²) in [5.74, 6) is 6.29. The van der Waals surface area contributed by atoms with Crippen LogP contribution in [0.5, 0.6) is 5.75 Å². The number of ether oxygens (including phenoxy) is 2. The molecule has 18 heavy (non-hydrogen) atoms. The van der Waals surface area contributed by atoms with Crippen molar-refractivity contribution in [2.24, 2.45) is 5.84 Å². The number of hydrogen-bond acceptors (Lipinski definition) is 5. The highest BCUT2D eigenvalue weighted by atomic mass is 79.9. The van der Waals surface area contributed by atoms with Crippen LogP contribution < -0.4 is 16.0 Å². The topological polar surface area (TPSA) is 69.4 Å². The van der Waals surface area contributed by atoms with E-state index in [-0.39, 0.29) is 0 Å². The molecule has 2 aromatic rings. The summed E-state index contributed by atoms with van der Waals surface area (Å²) in [6, 6.07) is 5.61. The molecule has 0 bridgehead atoms. The van der Waals surface area contributed by atoms with Crippen molar-refractivity contribution in [3.8, 4) is 5.75 Å². The Kier molecular flexibility index (Phi) is 4.00. The molecule has 0 spiro atoms. The van der Waals surface area contributed by atoms with Gasteiger partial charge in [0.25, 0.3) is 0 Å². The average molecular weight is 312 g/mol. The summed E-state index contributed by atoms with van der Waals surface area (Å²) in [6.45, 7) is 0.425. The highest BCUT2D eigenvalue weighted by Gasteiger charge is 2.12. The zero-order chi connectivity index (χ0) is 13.1. The predicted molar refractivity (Wildman–Crippen MR) is 74.5 cm³/mol. The van der Waals surface area contributed by atoms with E-state index in [1.165, 1.54) is 0 Å². The van der Waals surface area contributed by atoms with Crippen molar-refractivity contribution in [1.82, 2.24) is 4.98 Å². The lowest BCUT2D eigenvalue weighted by Gasteiger charge is -2.13. The maximum atomic E-state index is 5.57. The van der Waals surface area contributed by atoms with E-state index in [0.717, 1.165) is 32.5 Å². The summed E-state index contributed by atoms with van der Waals surface area (Å²) >= 11 is 3.48. The number of nitrogen functional groups attached to an aromatic ring is 1. The number of fused-ring (bicyclic) bond motifs is 1. The molecule has 0 fully saturated rings. The molecule has 2 rings (SSSR count). The first-order chi connectivity index (χ1) is 8.71. The van der Waals surface area contributed by atoms with Crippen LogP contribution in [-0.4, -0.2) is 19.2 Å². The van der Waals surface area contributed by atoms with Gasteiger partial charge in [0.2, 0.25) is 0 Å². The number of methoxy groups -OCH3 is 2. The number of hydrogen-bond donors (Lipinski definition) is 2. The summed E-state index contributed by atoms with van der Waals surface area (Å²) in [4.78, 5) is 4.53. The van der Waals surface area contributed by atoms with E-state index in [4.69, 9.17) is 15.3 Å². The predicted octanol–water partition coefficient (Wildman–Crippen LogP) is 2.44. The van der Waals surface area contributed by atoms with Gasteiger partial charge in [-0.05, 0) is 34.1 Å². The van der Waals surface area contributed by atoms with Crippen LogP contribution in [0.1, 0.15) is 5.69 Å². The minimum atomic E-state index is 0.425. The highest BCUT2D eigenvalue weighted by molar-refractivity contribution is 9.10. The molecule has 1 aromatic carbocycles. The summed E-state index contributed by atoms with van der Waals surface area (Å²) in [5.41, 5.74) is 5.02. The Balaban J connectivity index is 2.77. The number of anilines is 1. The van der Waals surface area contributed by atoms with Gasteiger partial charge >= 0.3 is 0 Å². The van der Waals surface area contributed by atoms with Gasteiger partial charge in [0.1, 0.15) is 5.75 Å². The Morgan fingerprint density at radius 1 is 1.39 bits per heavy atom. The van der Waals surface area contributed by atoms with Crippen LogP contribution >= 0.6 is 15.9 Å². The third-order valence-electron chi connectivity index (χ3n) is 2.59. The van der Waals surface area contributed by atoms with E-state index in [9.17, 15) is 0 Å². The molecule has 1 aromatic heterocycles. The van der Waals surface area contributed by atoms with Crippen molar-refractivity contribution < 1.29 is 9.47 Å². The van der Waals surface area contributed by atoms with Crippen molar-refractivity contribution in [2.75, 3.05) is 19.6 Å². The van der Waals surface area contributed by atoms with E-state index >= 15 is 0 Å². The normalized spacial score (nSPS) is 10.7. The number of rotatable bonds is 4. The molecule has 0 unspecified atom stereocenters. The second-order valence-corrected chi connectivity index (χ2v) is 4.57. The van der Waals surface area contributed by atoms with Gasteiger partial charge in [0.15, 0.2) is 0 Å². The van der Waals surface area contributed by atoms with E-state index in [1.54, 1.807) is 14.2 Å². The van der Waals surface area contributed by atoms with Crippen LogP contribution in [0.25, 0.3) is 10.9 Å². The maximum Gasteiger partial charge on any atom is 0.130 e.